The summed E-state index contributed by atoms with van der Waals surface area (Å²) in [4.78, 5) is 33.5. The number of amides is 1. The standard InChI is InChI=1S/C19H19F3N4O3/c20-19(21,22)13-4-5-16(26-8-2-1-3-9-26)14(10-13)25-17(27)12-29-18(28)15-11-23-6-7-24-15/h4-7,10-11H,1-3,8-9,12H2,(H,25,27). The molecule has 0 atom stereocenters. The third-order valence-electron chi connectivity index (χ3n) is 4.40. The lowest BCUT2D eigenvalue weighted by molar-refractivity contribution is -0.137. The normalized spacial score (nSPS) is 14.4. The predicted octanol–water partition coefficient (Wildman–Crippen LogP) is 3.28. The Morgan fingerprint density at radius 2 is 1.90 bits per heavy atom. The van der Waals surface area contributed by atoms with Crippen LogP contribution in [-0.4, -0.2) is 41.5 Å². The van der Waals surface area contributed by atoms with Crippen LogP contribution >= 0.6 is 0 Å². The van der Waals surface area contributed by atoms with Crippen molar-refractivity contribution in [2.75, 3.05) is 29.9 Å². The number of alkyl halides is 3. The Morgan fingerprint density at radius 1 is 1.14 bits per heavy atom. The van der Waals surface area contributed by atoms with Crippen LogP contribution in [0.2, 0.25) is 0 Å². The molecule has 1 aliphatic rings. The molecular formula is C19H19F3N4O3. The molecule has 0 unspecified atom stereocenters. The fourth-order valence-corrected chi connectivity index (χ4v) is 3.02. The van der Waals surface area contributed by atoms with Crippen molar-refractivity contribution in [1.82, 2.24) is 9.97 Å². The molecule has 0 radical (unpaired) electrons. The van der Waals surface area contributed by atoms with Crippen molar-refractivity contribution in [2.45, 2.75) is 25.4 Å². The van der Waals surface area contributed by atoms with E-state index in [1.807, 2.05) is 4.90 Å². The van der Waals surface area contributed by atoms with Gasteiger partial charge in [-0.3, -0.25) is 9.78 Å². The lowest BCUT2D eigenvalue weighted by atomic mass is 10.1. The third kappa shape index (κ3) is 5.43. The molecule has 1 aromatic heterocycles. The van der Waals surface area contributed by atoms with Gasteiger partial charge in [0.05, 0.1) is 23.1 Å². The van der Waals surface area contributed by atoms with E-state index in [-0.39, 0.29) is 11.4 Å². The Morgan fingerprint density at radius 3 is 2.55 bits per heavy atom. The molecule has 3 rings (SSSR count). The van der Waals surface area contributed by atoms with Gasteiger partial charge in [-0.15, -0.1) is 0 Å². The number of hydrogen-bond donors (Lipinski definition) is 1. The highest BCUT2D eigenvalue weighted by molar-refractivity contribution is 5.97. The highest BCUT2D eigenvalue weighted by Gasteiger charge is 2.32. The maximum Gasteiger partial charge on any atom is 0.416 e. The molecular weight excluding hydrogens is 389 g/mol. The van der Waals surface area contributed by atoms with E-state index in [2.05, 4.69) is 15.3 Å². The minimum atomic E-state index is -4.54. The fourth-order valence-electron chi connectivity index (χ4n) is 3.02. The number of anilines is 2. The maximum atomic E-state index is 13.1. The zero-order chi connectivity index (χ0) is 20.9. The first kappa shape index (κ1) is 20.6. The van der Waals surface area contributed by atoms with Gasteiger partial charge < -0.3 is 15.0 Å². The number of benzene rings is 1. The monoisotopic (exact) mass is 408 g/mol. The molecule has 29 heavy (non-hydrogen) atoms. The highest BCUT2D eigenvalue weighted by atomic mass is 19.4. The van der Waals surface area contributed by atoms with Crippen LogP contribution in [0.1, 0.15) is 35.3 Å². The van der Waals surface area contributed by atoms with Crippen molar-refractivity contribution < 1.29 is 27.5 Å². The Balaban J connectivity index is 1.73. The lowest BCUT2D eigenvalue weighted by Crippen LogP contribution is -2.31. The topological polar surface area (TPSA) is 84.4 Å². The van der Waals surface area contributed by atoms with E-state index >= 15 is 0 Å². The van der Waals surface area contributed by atoms with Gasteiger partial charge in [-0.05, 0) is 37.5 Å². The second-order valence-corrected chi connectivity index (χ2v) is 6.49. The summed E-state index contributed by atoms with van der Waals surface area (Å²) >= 11 is 0. The number of ether oxygens (including phenoxy) is 1. The molecule has 0 aliphatic carbocycles. The first-order chi connectivity index (χ1) is 13.8. The number of nitrogens with one attached hydrogen (secondary N) is 1. The number of carbonyl (C=O) groups excluding carboxylic acids is 2. The van der Waals surface area contributed by atoms with Crippen LogP contribution < -0.4 is 10.2 Å². The van der Waals surface area contributed by atoms with Crippen LogP contribution in [0.15, 0.2) is 36.8 Å². The van der Waals surface area contributed by atoms with Crippen LogP contribution in [0.5, 0.6) is 0 Å². The van der Waals surface area contributed by atoms with Crippen LogP contribution in [0.4, 0.5) is 24.5 Å². The second kappa shape index (κ2) is 8.89. The molecule has 1 aliphatic heterocycles. The van der Waals surface area contributed by atoms with Crippen molar-refractivity contribution in [1.29, 1.82) is 0 Å². The Kier molecular flexibility index (Phi) is 6.30. The number of esters is 1. The van der Waals surface area contributed by atoms with E-state index in [0.29, 0.717) is 18.8 Å². The summed E-state index contributed by atoms with van der Waals surface area (Å²) in [6.07, 6.45) is 2.20. The smallest absolute Gasteiger partial charge is 0.416 e. The van der Waals surface area contributed by atoms with Gasteiger partial charge in [0.25, 0.3) is 5.91 Å². The number of piperidine rings is 1. The van der Waals surface area contributed by atoms with E-state index in [1.165, 1.54) is 24.7 Å². The van der Waals surface area contributed by atoms with E-state index in [0.717, 1.165) is 31.4 Å². The minimum absolute atomic E-state index is 0.0299. The van der Waals surface area contributed by atoms with E-state index < -0.39 is 30.2 Å². The number of nitrogens with zero attached hydrogens (tertiary/aromatic N) is 3. The van der Waals surface area contributed by atoms with Crippen molar-refractivity contribution >= 4 is 23.3 Å². The molecule has 1 saturated heterocycles. The van der Waals surface area contributed by atoms with E-state index in [4.69, 9.17) is 4.74 Å². The van der Waals surface area contributed by atoms with Gasteiger partial charge >= 0.3 is 12.1 Å². The predicted molar refractivity (Wildman–Crippen MR) is 98.5 cm³/mol. The van der Waals surface area contributed by atoms with Gasteiger partial charge in [0.2, 0.25) is 0 Å². The summed E-state index contributed by atoms with van der Waals surface area (Å²) in [5.74, 6) is -1.60. The van der Waals surface area contributed by atoms with Crippen molar-refractivity contribution in [3.8, 4) is 0 Å². The molecule has 1 N–H and O–H groups in total. The maximum absolute atomic E-state index is 13.1. The van der Waals surface area contributed by atoms with Crippen LogP contribution in [0.25, 0.3) is 0 Å². The average molecular weight is 408 g/mol. The van der Waals surface area contributed by atoms with Gasteiger partial charge in [-0.25, -0.2) is 9.78 Å². The molecule has 2 heterocycles. The van der Waals surface area contributed by atoms with E-state index in [9.17, 15) is 22.8 Å². The van der Waals surface area contributed by atoms with Gasteiger partial charge in [0, 0.05) is 25.5 Å². The summed E-state index contributed by atoms with van der Waals surface area (Å²) < 4.78 is 44.2. The first-order valence-electron chi connectivity index (χ1n) is 9.04. The summed E-state index contributed by atoms with van der Waals surface area (Å²) in [6.45, 7) is 0.719. The average Bonchev–Trinajstić information content (AvgIpc) is 2.72. The summed E-state index contributed by atoms with van der Waals surface area (Å²) in [5, 5.41) is 2.43. The van der Waals surface area contributed by atoms with Crippen molar-refractivity contribution in [3.05, 3.63) is 48.0 Å². The molecule has 1 amide bonds. The SMILES string of the molecule is O=C(COC(=O)c1cnccn1)Nc1cc(C(F)(F)F)ccc1N1CCCCC1. The van der Waals surface area contributed by atoms with Crippen molar-refractivity contribution in [2.24, 2.45) is 0 Å². The van der Waals surface area contributed by atoms with Gasteiger partial charge in [-0.1, -0.05) is 0 Å². The van der Waals surface area contributed by atoms with Crippen LogP contribution in [0.3, 0.4) is 0 Å². The number of halogens is 3. The zero-order valence-corrected chi connectivity index (χ0v) is 15.4. The largest absolute Gasteiger partial charge is 0.451 e. The Hall–Kier alpha value is -3.17. The van der Waals surface area contributed by atoms with Crippen LogP contribution in [0, 0.1) is 0 Å². The van der Waals surface area contributed by atoms with Crippen LogP contribution in [-0.2, 0) is 15.7 Å². The number of rotatable bonds is 5. The first-order valence-corrected chi connectivity index (χ1v) is 9.04. The van der Waals surface area contributed by atoms with Crippen molar-refractivity contribution in [3.63, 3.8) is 0 Å². The summed E-state index contributed by atoms with van der Waals surface area (Å²) in [7, 11) is 0. The highest BCUT2D eigenvalue weighted by Crippen LogP contribution is 2.36. The quantitative estimate of drug-likeness (QED) is 0.765. The Labute approximate surface area is 164 Å². The molecule has 7 nitrogen and oxygen atoms in total. The summed E-state index contributed by atoms with van der Waals surface area (Å²) in [6, 6.07) is 3.25. The zero-order valence-electron chi connectivity index (χ0n) is 15.4. The fraction of sp³-hybridized carbons (Fsp3) is 0.368. The third-order valence-corrected chi connectivity index (χ3v) is 4.40. The Bertz CT molecular complexity index is 869. The summed E-state index contributed by atoms with van der Waals surface area (Å²) in [5.41, 5.74) is -0.410. The van der Waals surface area contributed by atoms with Gasteiger partial charge in [0.15, 0.2) is 12.3 Å². The minimum Gasteiger partial charge on any atom is -0.451 e. The van der Waals surface area contributed by atoms with Gasteiger partial charge in [0.1, 0.15) is 0 Å². The molecule has 1 fully saturated rings. The van der Waals surface area contributed by atoms with E-state index in [1.54, 1.807) is 0 Å². The molecule has 0 spiro atoms. The molecule has 1 aromatic carbocycles. The second-order valence-electron chi connectivity index (χ2n) is 6.49. The number of aromatic nitrogens is 2. The molecule has 10 heteroatoms. The van der Waals surface area contributed by atoms with Gasteiger partial charge in [-0.2, -0.15) is 13.2 Å². The molecule has 2 aromatic rings. The molecule has 154 valence electrons. The number of carbonyl (C=O) groups is 2. The lowest BCUT2D eigenvalue weighted by Gasteiger charge is -2.31. The molecule has 0 bridgehead atoms. The number of hydrogen-bond acceptors (Lipinski definition) is 6. The molecule has 0 saturated carbocycles.